The molecule has 6 N–H and O–H groups in total. The van der Waals surface area contributed by atoms with Gasteiger partial charge in [-0.2, -0.15) is 0 Å². The summed E-state index contributed by atoms with van der Waals surface area (Å²) in [4.78, 5) is 11.0. The number of carbonyl (C=O) groups is 1. The normalized spacial score (nSPS) is 40.2. The molecule has 0 heterocycles. The maximum absolute atomic E-state index is 11.0. The number of hydrogen-bond donors (Lipinski definition) is 6. The van der Waals surface area contributed by atoms with Crippen LogP contribution in [0.1, 0.15) is 19.8 Å². The monoisotopic (exact) mass is 264 g/mol. The summed E-state index contributed by atoms with van der Waals surface area (Å²) in [6.45, 7) is 0.927. The molecule has 1 fully saturated rings. The number of carboxylic acid groups (broad SMARTS) is 1. The molecule has 1 aliphatic rings. The molecule has 1 saturated carbocycles. The van der Waals surface area contributed by atoms with E-state index in [-0.39, 0.29) is 12.8 Å². The van der Waals surface area contributed by atoms with Gasteiger partial charge in [-0.05, 0) is 18.3 Å². The van der Waals surface area contributed by atoms with Crippen molar-refractivity contribution in [1.29, 1.82) is 0 Å². The van der Waals surface area contributed by atoms with E-state index >= 15 is 0 Å². The molecule has 1 rings (SSSR count). The van der Waals surface area contributed by atoms with Crippen molar-refractivity contribution in [3.63, 3.8) is 0 Å². The minimum absolute atomic E-state index is 0.279. The maximum Gasteiger partial charge on any atom is 0.335 e. The predicted octanol–water partition coefficient (Wildman–Crippen LogP) is -2.08. The van der Waals surface area contributed by atoms with Crippen molar-refractivity contribution >= 4 is 5.97 Å². The molecule has 0 bridgehead atoms. The zero-order valence-corrected chi connectivity index (χ0v) is 10.1. The first-order valence-corrected chi connectivity index (χ1v) is 5.83. The van der Waals surface area contributed by atoms with Crippen LogP contribution in [0.4, 0.5) is 0 Å². The van der Waals surface area contributed by atoms with Crippen molar-refractivity contribution < 1.29 is 35.4 Å². The number of carboxylic acids is 1. The molecule has 0 amide bonds. The number of aliphatic hydroxyl groups is 5. The molecular weight excluding hydrogens is 244 g/mol. The SMILES string of the molecule is CC1C(O)CC(O)(C(=O)O)CC1[C@H](O)[C@H](O)CO. The minimum Gasteiger partial charge on any atom is -0.479 e. The highest BCUT2D eigenvalue weighted by molar-refractivity contribution is 5.77. The molecule has 0 radical (unpaired) electrons. The Morgan fingerprint density at radius 2 is 1.94 bits per heavy atom. The standard InChI is InChI=1S/C11H20O7/c1-5-6(9(15)8(14)4-12)2-11(18,10(16)17)3-7(5)13/h5-9,12-15,18H,2-4H2,1H3,(H,16,17)/t5?,6?,7?,8-,9+,11?/m1/s1. The first-order chi connectivity index (χ1) is 8.23. The number of aliphatic hydroxyl groups excluding tert-OH is 4. The van der Waals surface area contributed by atoms with E-state index in [2.05, 4.69) is 0 Å². The summed E-state index contributed by atoms with van der Waals surface area (Å²) in [5, 5.41) is 56.6. The number of aliphatic carboxylic acids is 1. The van der Waals surface area contributed by atoms with Crippen LogP contribution in [0.2, 0.25) is 0 Å². The Morgan fingerprint density at radius 3 is 2.39 bits per heavy atom. The smallest absolute Gasteiger partial charge is 0.335 e. The molecule has 18 heavy (non-hydrogen) atoms. The topological polar surface area (TPSA) is 138 Å². The molecule has 0 aliphatic heterocycles. The zero-order chi connectivity index (χ0) is 14.1. The van der Waals surface area contributed by atoms with Gasteiger partial charge in [-0.3, -0.25) is 0 Å². The van der Waals surface area contributed by atoms with Crippen molar-refractivity contribution in [3.8, 4) is 0 Å². The van der Waals surface area contributed by atoms with Gasteiger partial charge in [0.15, 0.2) is 5.60 Å². The van der Waals surface area contributed by atoms with Crippen molar-refractivity contribution in [2.45, 2.75) is 43.7 Å². The summed E-state index contributed by atoms with van der Waals surface area (Å²) in [7, 11) is 0. The molecule has 7 heteroatoms. The summed E-state index contributed by atoms with van der Waals surface area (Å²) in [6.07, 6.45) is -4.52. The fourth-order valence-corrected chi connectivity index (χ4v) is 2.48. The maximum atomic E-state index is 11.0. The lowest BCUT2D eigenvalue weighted by molar-refractivity contribution is -0.181. The Bertz CT molecular complexity index is 308. The predicted molar refractivity (Wildman–Crippen MR) is 59.6 cm³/mol. The van der Waals surface area contributed by atoms with Crippen molar-refractivity contribution in [2.75, 3.05) is 6.61 Å². The van der Waals surface area contributed by atoms with E-state index in [0.717, 1.165) is 0 Å². The molecule has 0 aromatic heterocycles. The van der Waals surface area contributed by atoms with Gasteiger partial charge in [0.1, 0.15) is 6.10 Å². The molecule has 0 aromatic rings. The molecule has 0 saturated heterocycles. The lowest BCUT2D eigenvalue weighted by Gasteiger charge is -2.43. The Kier molecular flexibility index (Phi) is 4.68. The van der Waals surface area contributed by atoms with Gasteiger partial charge in [0.25, 0.3) is 0 Å². The summed E-state index contributed by atoms with van der Waals surface area (Å²) in [5.41, 5.74) is -2.12. The van der Waals surface area contributed by atoms with E-state index in [1.54, 1.807) is 6.92 Å². The lowest BCUT2D eigenvalue weighted by atomic mass is 9.68. The second-order valence-electron chi connectivity index (χ2n) is 5.08. The van der Waals surface area contributed by atoms with Crippen molar-refractivity contribution in [1.82, 2.24) is 0 Å². The molecule has 106 valence electrons. The summed E-state index contributed by atoms with van der Waals surface area (Å²) < 4.78 is 0. The Morgan fingerprint density at radius 1 is 1.39 bits per heavy atom. The van der Waals surface area contributed by atoms with E-state index in [4.69, 9.17) is 10.2 Å². The molecule has 1 aliphatic carbocycles. The molecular formula is C11H20O7. The van der Waals surface area contributed by atoms with Gasteiger partial charge in [0, 0.05) is 6.42 Å². The molecule has 6 atom stereocenters. The van der Waals surface area contributed by atoms with Crippen molar-refractivity contribution in [3.05, 3.63) is 0 Å². The molecule has 0 spiro atoms. The fraction of sp³-hybridized carbons (Fsp3) is 0.909. The van der Waals surface area contributed by atoms with Gasteiger partial charge in [-0.1, -0.05) is 6.92 Å². The average Bonchev–Trinajstić information content (AvgIpc) is 2.31. The third kappa shape index (κ3) is 2.81. The number of rotatable bonds is 4. The van der Waals surface area contributed by atoms with E-state index in [1.165, 1.54) is 0 Å². The zero-order valence-electron chi connectivity index (χ0n) is 10.1. The highest BCUT2D eigenvalue weighted by atomic mass is 16.4. The van der Waals surface area contributed by atoms with Crippen LogP contribution < -0.4 is 0 Å². The molecule has 0 aromatic carbocycles. The van der Waals surface area contributed by atoms with Crippen LogP contribution in [0.15, 0.2) is 0 Å². The van der Waals surface area contributed by atoms with E-state index in [1.807, 2.05) is 0 Å². The van der Waals surface area contributed by atoms with Crippen LogP contribution >= 0.6 is 0 Å². The van der Waals surface area contributed by atoms with Crippen LogP contribution in [-0.4, -0.2) is 67.1 Å². The van der Waals surface area contributed by atoms with Crippen LogP contribution in [0.5, 0.6) is 0 Å². The van der Waals surface area contributed by atoms with E-state index < -0.39 is 48.3 Å². The highest BCUT2D eigenvalue weighted by Crippen LogP contribution is 2.39. The summed E-state index contributed by atoms with van der Waals surface area (Å²) in [5.74, 6) is -2.76. The van der Waals surface area contributed by atoms with Crippen LogP contribution in [-0.2, 0) is 4.79 Å². The lowest BCUT2D eigenvalue weighted by Crippen LogP contribution is -2.55. The average molecular weight is 264 g/mol. The third-order valence-corrected chi connectivity index (χ3v) is 3.82. The number of hydrogen-bond acceptors (Lipinski definition) is 6. The van der Waals surface area contributed by atoms with Gasteiger partial charge in [-0.15, -0.1) is 0 Å². The van der Waals surface area contributed by atoms with E-state index in [0.29, 0.717) is 0 Å². The Balaban J connectivity index is 2.92. The second-order valence-corrected chi connectivity index (χ2v) is 5.08. The Hall–Kier alpha value is -0.730. The third-order valence-electron chi connectivity index (χ3n) is 3.82. The van der Waals surface area contributed by atoms with E-state index in [9.17, 15) is 25.2 Å². The van der Waals surface area contributed by atoms with Gasteiger partial charge in [0.05, 0.1) is 18.8 Å². The van der Waals surface area contributed by atoms with Gasteiger partial charge < -0.3 is 30.6 Å². The fourth-order valence-electron chi connectivity index (χ4n) is 2.48. The van der Waals surface area contributed by atoms with Gasteiger partial charge in [0.2, 0.25) is 0 Å². The summed E-state index contributed by atoms with van der Waals surface area (Å²) >= 11 is 0. The highest BCUT2D eigenvalue weighted by Gasteiger charge is 2.50. The second kappa shape index (κ2) is 5.50. The molecule has 7 nitrogen and oxygen atoms in total. The van der Waals surface area contributed by atoms with Crippen LogP contribution in [0.25, 0.3) is 0 Å². The van der Waals surface area contributed by atoms with Gasteiger partial charge >= 0.3 is 5.97 Å². The minimum atomic E-state index is -2.12. The van der Waals surface area contributed by atoms with Crippen molar-refractivity contribution in [2.24, 2.45) is 11.8 Å². The Labute approximate surface area is 104 Å². The summed E-state index contributed by atoms with van der Waals surface area (Å²) in [6, 6.07) is 0. The van der Waals surface area contributed by atoms with Crippen LogP contribution in [0, 0.1) is 11.8 Å². The first kappa shape index (κ1) is 15.3. The first-order valence-electron chi connectivity index (χ1n) is 5.83. The largest absolute Gasteiger partial charge is 0.479 e. The van der Waals surface area contributed by atoms with Crippen LogP contribution in [0.3, 0.4) is 0 Å². The van der Waals surface area contributed by atoms with Gasteiger partial charge in [-0.25, -0.2) is 4.79 Å². The quantitative estimate of drug-likeness (QED) is 0.343. The molecule has 4 unspecified atom stereocenters.